The van der Waals surface area contributed by atoms with Crippen LogP contribution < -0.4 is 4.90 Å². The number of hydrogen-bond acceptors (Lipinski definition) is 3. The highest BCUT2D eigenvalue weighted by Crippen LogP contribution is 2.29. The topological polar surface area (TPSA) is 33.2 Å². The summed E-state index contributed by atoms with van der Waals surface area (Å²) in [7, 11) is 1.82. The summed E-state index contributed by atoms with van der Waals surface area (Å²) in [6.45, 7) is 6.21. The molecular weight excluding hydrogens is 340 g/mol. The molecule has 4 heteroatoms. The lowest BCUT2D eigenvalue weighted by Gasteiger charge is -2.17. The van der Waals surface area contributed by atoms with Crippen LogP contribution in [0.5, 0.6) is 0 Å². The third-order valence-electron chi connectivity index (χ3n) is 4.85. The summed E-state index contributed by atoms with van der Waals surface area (Å²) in [6.07, 6.45) is 0. The van der Waals surface area contributed by atoms with E-state index in [1.54, 1.807) is 4.90 Å². The van der Waals surface area contributed by atoms with Gasteiger partial charge < -0.3 is 4.90 Å². The van der Waals surface area contributed by atoms with Crippen molar-refractivity contribution in [3.05, 3.63) is 70.1 Å². The van der Waals surface area contributed by atoms with Crippen LogP contribution in [0.15, 0.2) is 48.5 Å². The Morgan fingerprint density at radius 1 is 0.923 bits per heavy atom. The van der Waals surface area contributed by atoms with Gasteiger partial charge in [-0.25, -0.2) is 4.98 Å². The van der Waals surface area contributed by atoms with Crippen molar-refractivity contribution in [2.24, 2.45) is 0 Å². The summed E-state index contributed by atoms with van der Waals surface area (Å²) in [5.74, 6) is -0.00325. The number of carbonyl (C=O) groups excluding carboxylic acids is 1. The Kier molecular flexibility index (Phi) is 4.00. The second-order valence-corrected chi connectivity index (χ2v) is 7.85. The van der Waals surface area contributed by atoms with Gasteiger partial charge in [-0.15, -0.1) is 11.3 Å². The Hall–Kier alpha value is -2.72. The van der Waals surface area contributed by atoms with E-state index >= 15 is 0 Å². The van der Waals surface area contributed by atoms with E-state index in [2.05, 4.69) is 51.1 Å². The Labute approximate surface area is 156 Å². The predicted octanol–water partition coefficient (Wildman–Crippen LogP) is 5.65. The highest BCUT2D eigenvalue weighted by molar-refractivity contribution is 7.20. The average molecular weight is 360 g/mol. The van der Waals surface area contributed by atoms with E-state index in [0.717, 1.165) is 26.8 Å². The lowest BCUT2D eigenvalue weighted by molar-refractivity contribution is 0.0997. The highest BCUT2D eigenvalue weighted by Gasteiger charge is 2.17. The third kappa shape index (κ3) is 2.86. The van der Waals surface area contributed by atoms with Gasteiger partial charge in [-0.05, 0) is 68.3 Å². The number of aromatic nitrogens is 1. The van der Waals surface area contributed by atoms with E-state index in [4.69, 9.17) is 4.98 Å². The zero-order valence-electron chi connectivity index (χ0n) is 15.3. The minimum Gasteiger partial charge on any atom is -0.311 e. The molecule has 2 aromatic heterocycles. The number of pyridine rings is 1. The molecule has 1 amide bonds. The molecule has 4 rings (SSSR count). The minimum absolute atomic E-state index is 0.00325. The van der Waals surface area contributed by atoms with Gasteiger partial charge in [0.05, 0.1) is 10.4 Å². The second kappa shape index (κ2) is 6.22. The van der Waals surface area contributed by atoms with Crippen LogP contribution in [-0.2, 0) is 0 Å². The van der Waals surface area contributed by atoms with Crippen LogP contribution in [0.25, 0.3) is 21.1 Å². The number of aryl methyl sites for hydroxylation is 3. The molecular formula is C22H20N2OS. The first-order chi connectivity index (χ1) is 12.4. The fourth-order valence-corrected chi connectivity index (χ4v) is 4.07. The number of fused-ring (bicyclic) bond motifs is 2. The number of amides is 1. The van der Waals surface area contributed by atoms with E-state index < -0.39 is 0 Å². The van der Waals surface area contributed by atoms with Crippen LogP contribution in [0.1, 0.15) is 26.4 Å². The van der Waals surface area contributed by atoms with Gasteiger partial charge in [0.2, 0.25) is 0 Å². The summed E-state index contributed by atoms with van der Waals surface area (Å²) >= 11 is 1.45. The Morgan fingerprint density at radius 2 is 1.73 bits per heavy atom. The first-order valence-electron chi connectivity index (χ1n) is 8.58. The van der Waals surface area contributed by atoms with E-state index in [-0.39, 0.29) is 5.91 Å². The molecule has 130 valence electrons. The van der Waals surface area contributed by atoms with Gasteiger partial charge in [0, 0.05) is 23.5 Å². The quantitative estimate of drug-likeness (QED) is 0.463. The Morgan fingerprint density at radius 3 is 2.50 bits per heavy atom. The zero-order valence-corrected chi connectivity index (χ0v) is 16.1. The maximum atomic E-state index is 13.0. The molecule has 2 aromatic carbocycles. The molecule has 0 aliphatic heterocycles. The predicted molar refractivity (Wildman–Crippen MR) is 111 cm³/mol. The number of hydrogen-bond donors (Lipinski definition) is 0. The van der Waals surface area contributed by atoms with E-state index in [9.17, 15) is 4.79 Å². The second-order valence-electron chi connectivity index (χ2n) is 6.82. The van der Waals surface area contributed by atoms with Gasteiger partial charge in [0.15, 0.2) is 0 Å². The van der Waals surface area contributed by atoms with Crippen LogP contribution in [0.3, 0.4) is 0 Å². The number of nitrogens with zero attached hydrogens (tertiary/aromatic N) is 2. The molecule has 3 nitrogen and oxygen atoms in total. The van der Waals surface area contributed by atoms with Crippen LogP contribution in [0, 0.1) is 20.8 Å². The van der Waals surface area contributed by atoms with Gasteiger partial charge >= 0.3 is 0 Å². The summed E-state index contributed by atoms with van der Waals surface area (Å²) in [4.78, 5) is 21.0. The van der Waals surface area contributed by atoms with Crippen molar-refractivity contribution in [3.63, 3.8) is 0 Å². The highest BCUT2D eigenvalue weighted by atomic mass is 32.1. The van der Waals surface area contributed by atoms with Gasteiger partial charge in [-0.3, -0.25) is 4.79 Å². The molecule has 0 N–H and O–H groups in total. The van der Waals surface area contributed by atoms with Gasteiger partial charge in [0.1, 0.15) is 4.83 Å². The average Bonchev–Trinajstić information content (AvgIpc) is 3.03. The molecule has 0 aliphatic carbocycles. The molecule has 0 radical (unpaired) electrons. The van der Waals surface area contributed by atoms with Crippen molar-refractivity contribution in [2.45, 2.75) is 20.8 Å². The van der Waals surface area contributed by atoms with Crippen LogP contribution >= 0.6 is 11.3 Å². The largest absolute Gasteiger partial charge is 0.311 e. The number of benzene rings is 2. The standard InChI is InChI=1S/C22H20N2OS/c1-13-5-8-19-16(9-13)11-17-12-20(26-21(17)23-19)22(25)24(4)18-7-6-14(2)15(3)10-18/h5-12H,1-4H3. The molecule has 0 bridgehead atoms. The number of anilines is 1. The Balaban J connectivity index is 1.74. The lowest BCUT2D eigenvalue weighted by atomic mass is 10.1. The molecule has 0 aliphatic rings. The molecule has 4 aromatic rings. The molecule has 0 unspecified atom stereocenters. The van der Waals surface area contributed by atoms with Crippen molar-refractivity contribution >= 4 is 44.1 Å². The molecule has 26 heavy (non-hydrogen) atoms. The maximum Gasteiger partial charge on any atom is 0.268 e. The van der Waals surface area contributed by atoms with Gasteiger partial charge in [0.25, 0.3) is 5.91 Å². The third-order valence-corrected chi connectivity index (χ3v) is 5.88. The monoisotopic (exact) mass is 360 g/mol. The molecule has 0 saturated carbocycles. The summed E-state index contributed by atoms with van der Waals surface area (Å²) in [6, 6.07) is 16.4. The molecule has 0 fully saturated rings. The van der Waals surface area contributed by atoms with Gasteiger partial charge in [-0.1, -0.05) is 17.7 Å². The maximum absolute atomic E-state index is 13.0. The normalized spacial score (nSPS) is 11.2. The first-order valence-corrected chi connectivity index (χ1v) is 9.40. The number of thiophene rings is 1. The molecule has 0 atom stereocenters. The van der Waals surface area contributed by atoms with Crippen molar-refractivity contribution in [1.82, 2.24) is 4.98 Å². The fourth-order valence-electron chi connectivity index (χ4n) is 3.08. The Bertz CT molecular complexity index is 1160. The summed E-state index contributed by atoms with van der Waals surface area (Å²) < 4.78 is 0. The number of rotatable bonds is 2. The first kappa shape index (κ1) is 16.7. The van der Waals surface area contributed by atoms with Crippen LogP contribution in [-0.4, -0.2) is 17.9 Å². The van der Waals surface area contributed by atoms with Crippen molar-refractivity contribution in [3.8, 4) is 0 Å². The smallest absolute Gasteiger partial charge is 0.268 e. The molecule has 0 saturated heterocycles. The molecule has 2 heterocycles. The van der Waals surface area contributed by atoms with E-state index in [1.807, 2.05) is 25.2 Å². The van der Waals surface area contributed by atoms with Crippen LogP contribution in [0.4, 0.5) is 5.69 Å². The fraction of sp³-hybridized carbons (Fsp3) is 0.182. The minimum atomic E-state index is -0.00325. The lowest BCUT2D eigenvalue weighted by Crippen LogP contribution is -2.25. The summed E-state index contributed by atoms with van der Waals surface area (Å²) in [5.41, 5.74) is 5.49. The van der Waals surface area contributed by atoms with Crippen molar-refractivity contribution in [2.75, 3.05) is 11.9 Å². The molecule has 0 spiro atoms. The van der Waals surface area contributed by atoms with Gasteiger partial charge in [-0.2, -0.15) is 0 Å². The van der Waals surface area contributed by atoms with Crippen LogP contribution in [0.2, 0.25) is 0 Å². The number of carbonyl (C=O) groups is 1. The van der Waals surface area contributed by atoms with Crippen molar-refractivity contribution in [1.29, 1.82) is 0 Å². The van der Waals surface area contributed by atoms with E-state index in [1.165, 1.54) is 28.0 Å². The zero-order chi connectivity index (χ0) is 18.4. The van der Waals surface area contributed by atoms with E-state index in [0.29, 0.717) is 4.88 Å². The van der Waals surface area contributed by atoms with Crippen molar-refractivity contribution < 1.29 is 4.79 Å². The SMILES string of the molecule is Cc1ccc2nc3sc(C(=O)N(C)c4ccc(C)c(C)c4)cc3cc2c1. The summed E-state index contributed by atoms with van der Waals surface area (Å²) in [5, 5.41) is 2.13.